The van der Waals surface area contributed by atoms with E-state index in [0.29, 0.717) is 5.69 Å². The van der Waals surface area contributed by atoms with Gasteiger partial charge in [0.05, 0.1) is 6.04 Å². The fourth-order valence-electron chi connectivity index (χ4n) is 3.25. The van der Waals surface area contributed by atoms with Crippen LogP contribution in [0.1, 0.15) is 47.8 Å². The number of aromatic nitrogens is 2. The smallest absolute Gasteiger partial charge is 0.323 e. The van der Waals surface area contributed by atoms with E-state index in [-0.39, 0.29) is 25.0 Å². The van der Waals surface area contributed by atoms with E-state index in [1.54, 1.807) is 16.9 Å². The number of carbonyl (C=O) groups excluding carboxylic acids is 1. The van der Waals surface area contributed by atoms with Crippen LogP contribution >= 0.6 is 0 Å². The van der Waals surface area contributed by atoms with E-state index >= 15 is 0 Å². The highest BCUT2D eigenvalue weighted by Crippen LogP contribution is 2.30. The lowest BCUT2D eigenvalue weighted by Crippen LogP contribution is -2.36. The molecule has 1 aromatic carbocycles. The number of amides is 1. The second-order valence-electron chi connectivity index (χ2n) is 6.14. The highest BCUT2D eigenvalue weighted by atomic mass is 16.4. The van der Waals surface area contributed by atoms with E-state index in [4.69, 9.17) is 0 Å². The molecule has 1 aliphatic rings. The third kappa shape index (κ3) is 3.64. The lowest BCUT2D eigenvalue weighted by atomic mass is 10.2. The first-order valence-electron chi connectivity index (χ1n) is 8.23. The lowest BCUT2D eigenvalue weighted by molar-refractivity contribution is -0.137. The molecule has 0 aliphatic heterocycles. The van der Waals surface area contributed by atoms with Crippen molar-refractivity contribution in [1.82, 2.24) is 14.7 Å². The number of rotatable bonds is 6. The molecule has 1 fully saturated rings. The average molecular weight is 327 g/mol. The third-order valence-corrected chi connectivity index (χ3v) is 4.39. The van der Waals surface area contributed by atoms with Crippen molar-refractivity contribution in [3.8, 4) is 0 Å². The summed E-state index contributed by atoms with van der Waals surface area (Å²) in [5, 5.41) is 13.5. The van der Waals surface area contributed by atoms with Gasteiger partial charge in [0.15, 0.2) is 0 Å². The van der Waals surface area contributed by atoms with Crippen molar-refractivity contribution in [3.63, 3.8) is 0 Å². The Morgan fingerprint density at radius 3 is 2.54 bits per heavy atom. The van der Waals surface area contributed by atoms with Gasteiger partial charge < -0.3 is 10.0 Å². The van der Waals surface area contributed by atoms with Crippen molar-refractivity contribution in [2.45, 2.75) is 38.3 Å². The number of hydrogen-bond donors (Lipinski definition) is 1. The molecule has 1 aliphatic carbocycles. The van der Waals surface area contributed by atoms with Crippen LogP contribution in [0.15, 0.2) is 42.6 Å². The van der Waals surface area contributed by atoms with Gasteiger partial charge in [0.1, 0.15) is 12.2 Å². The Labute approximate surface area is 140 Å². The van der Waals surface area contributed by atoms with Gasteiger partial charge in [-0.3, -0.25) is 14.3 Å². The molecule has 1 amide bonds. The summed E-state index contributed by atoms with van der Waals surface area (Å²) in [6, 6.07) is 11.3. The predicted octanol–water partition coefficient (Wildman–Crippen LogP) is 2.73. The summed E-state index contributed by atoms with van der Waals surface area (Å²) >= 11 is 0. The van der Waals surface area contributed by atoms with Gasteiger partial charge in [-0.15, -0.1) is 0 Å². The summed E-state index contributed by atoms with van der Waals surface area (Å²) in [7, 11) is 0. The summed E-state index contributed by atoms with van der Waals surface area (Å²) in [5.74, 6) is -1.31. The maximum atomic E-state index is 12.9. The molecule has 126 valence electrons. The zero-order valence-corrected chi connectivity index (χ0v) is 13.5. The van der Waals surface area contributed by atoms with Crippen LogP contribution in [0.25, 0.3) is 0 Å². The van der Waals surface area contributed by atoms with Crippen LogP contribution in [0.2, 0.25) is 0 Å². The van der Waals surface area contributed by atoms with Gasteiger partial charge in [-0.1, -0.05) is 43.2 Å². The summed E-state index contributed by atoms with van der Waals surface area (Å²) in [6.07, 6.45) is 5.92. The van der Waals surface area contributed by atoms with Crippen LogP contribution < -0.4 is 0 Å². The van der Waals surface area contributed by atoms with Crippen LogP contribution in [-0.2, 0) is 11.3 Å². The van der Waals surface area contributed by atoms with Crippen molar-refractivity contribution in [2.24, 2.45) is 0 Å². The Morgan fingerprint density at radius 2 is 1.88 bits per heavy atom. The third-order valence-electron chi connectivity index (χ3n) is 4.39. The van der Waals surface area contributed by atoms with Crippen LogP contribution in [0, 0.1) is 0 Å². The largest absolute Gasteiger partial charge is 0.480 e. The molecule has 2 aromatic rings. The van der Waals surface area contributed by atoms with Crippen molar-refractivity contribution in [1.29, 1.82) is 0 Å². The topological polar surface area (TPSA) is 75.4 Å². The van der Waals surface area contributed by atoms with E-state index in [9.17, 15) is 14.7 Å². The molecule has 0 saturated heterocycles. The Kier molecular flexibility index (Phi) is 4.93. The molecule has 0 unspecified atom stereocenters. The zero-order chi connectivity index (χ0) is 16.9. The minimum absolute atomic E-state index is 0.238. The highest BCUT2D eigenvalue weighted by Gasteiger charge is 2.26. The van der Waals surface area contributed by atoms with Crippen molar-refractivity contribution >= 4 is 11.9 Å². The number of aliphatic carboxylic acids is 1. The summed E-state index contributed by atoms with van der Waals surface area (Å²) in [4.78, 5) is 25.5. The Morgan fingerprint density at radius 1 is 1.17 bits per heavy atom. The number of benzene rings is 1. The van der Waals surface area contributed by atoms with E-state index in [0.717, 1.165) is 31.2 Å². The Bertz CT molecular complexity index is 705. The summed E-state index contributed by atoms with van der Waals surface area (Å²) in [6.45, 7) is -0.0641. The van der Waals surface area contributed by atoms with Gasteiger partial charge in [0, 0.05) is 12.7 Å². The first kappa shape index (κ1) is 16.2. The molecule has 1 saturated carbocycles. The zero-order valence-electron chi connectivity index (χ0n) is 13.5. The van der Waals surface area contributed by atoms with Crippen LogP contribution in [0.4, 0.5) is 0 Å². The van der Waals surface area contributed by atoms with E-state index in [2.05, 4.69) is 5.10 Å². The minimum atomic E-state index is -1.02. The molecule has 1 N–H and O–H groups in total. The van der Waals surface area contributed by atoms with Crippen LogP contribution in [0.3, 0.4) is 0 Å². The molecule has 24 heavy (non-hydrogen) atoms. The number of carboxylic acids is 1. The molecule has 6 nitrogen and oxygen atoms in total. The van der Waals surface area contributed by atoms with Gasteiger partial charge in [0.25, 0.3) is 5.91 Å². The minimum Gasteiger partial charge on any atom is -0.480 e. The molecule has 1 heterocycles. The molecular formula is C18H21N3O3. The lowest BCUT2D eigenvalue weighted by Gasteiger charge is -2.22. The normalized spacial score (nSPS) is 14.7. The van der Waals surface area contributed by atoms with Gasteiger partial charge in [-0.25, -0.2) is 0 Å². The van der Waals surface area contributed by atoms with E-state index < -0.39 is 5.97 Å². The monoisotopic (exact) mass is 327 g/mol. The van der Waals surface area contributed by atoms with Crippen molar-refractivity contribution in [3.05, 3.63) is 53.9 Å². The van der Waals surface area contributed by atoms with Crippen molar-refractivity contribution < 1.29 is 14.7 Å². The molecular weight excluding hydrogens is 306 g/mol. The molecule has 6 heteroatoms. The fraction of sp³-hybridized carbons (Fsp3) is 0.389. The first-order chi connectivity index (χ1) is 11.6. The SMILES string of the molecule is O=C(O)CN(Cc1ccccc1)C(=O)c1ccnn1C1CCCC1. The van der Waals surface area contributed by atoms with Crippen LogP contribution in [-0.4, -0.2) is 38.2 Å². The second kappa shape index (κ2) is 7.29. The Balaban J connectivity index is 1.83. The van der Waals surface area contributed by atoms with Gasteiger partial charge in [-0.05, 0) is 24.5 Å². The van der Waals surface area contributed by atoms with Crippen molar-refractivity contribution in [2.75, 3.05) is 6.54 Å². The second-order valence-corrected chi connectivity index (χ2v) is 6.14. The number of carbonyl (C=O) groups is 2. The number of carboxylic acid groups (broad SMARTS) is 1. The summed E-state index contributed by atoms with van der Waals surface area (Å²) in [5.41, 5.74) is 1.37. The Hall–Kier alpha value is -2.63. The van der Waals surface area contributed by atoms with E-state index in [1.165, 1.54) is 4.90 Å². The van der Waals surface area contributed by atoms with Gasteiger partial charge >= 0.3 is 5.97 Å². The van der Waals surface area contributed by atoms with Gasteiger partial charge in [-0.2, -0.15) is 5.10 Å². The quantitative estimate of drug-likeness (QED) is 0.885. The molecule has 0 radical (unpaired) electrons. The molecule has 3 rings (SSSR count). The fourth-order valence-corrected chi connectivity index (χ4v) is 3.25. The van der Waals surface area contributed by atoms with Crippen LogP contribution in [0.5, 0.6) is 0 Å². The molecule has 0 spiro atoms. The number of hydrogen-bond acceptors (Lipinski definition) is 3. The average Bonchev–Trinajstić information content (AvgIpc) is 3.25. The molecule has 0 bridgehead atoms. The predicted molar refractivity (Wildman–Crippen MR) is 88.6 cm³/mol. The maximum absolute atomic E-state index is 12.9. The first-order valence-corrected chi connectivity index (χ1v) is 8.23. The van der Waals surface area contributed by atoms with E-state index in [1.807, 2.05) is 30.3 Å². The molecule has 1 aromatic heterocycles. The number of nitrogens with zero attached hydrogens (tertiary/aromatic N) is 3. The summed E-state index contributed by atoms with van der Waals surface area (Å²) < 4.78 is 1.77. The maximum Gasteiger partial charge on any atom is 0.323 e. The molecule has 0 atom stereocenters. The standard InChI is InChI=1S/C18H21N3O3/c22-17(23)13-20(12-14-6-2-1-3-7-14)18(24)16-10-11-19-21(16)15-8-4-5-9-15/h1-3,6-7,10-11,15H,4-5,8-9,12-13H2,(H,22,23). The highest BCUT2D eigenvalue weighted by molar-refractivity contribution is 5.94. The van der Waals surface area contributed by atoms with Gasteiger partial charge in [0.2, 0.25) is 0 Å².